The molecule has 5 heteroatoms. The van der Waals surface area contributed by atoms with Crippen LogP contribution < -0.4 is 5.73 Å². The van der Waals surface area contributed by atoms with Crippen LogP contribution in [0.5, 0.6) is 0 Å². The SMILES string of the molecule is CCC1CCCN(S(=O)(=O)c2ccc(N)cc2)C1. The number of rotatable bonds is 3. The number of nitrogens with two attached hydrogens (primary N) is 1. The monoisotopic (exact) mass is 268 g/mol. The van der Waals surface area contributed by atoms with Crippen LogP contribution in [0, 0.1) is 5.92 Å². The van der Waals surface area contributed by atoms with Gasteiger partial charge in [0, 0.05) is 18.8 Å². The molecule has 1 aromatic carbocycles. The van der Waals surface area contributed by atoms with E-state index in [9.17, 15) is 8.42 Å². The molecule has 2 N–H and O–H groups in total. The van der Waals surface area contributed by atoms with Crippen molar-refractivity contribution in [2.75, 3.05) is 18.8 Å². The van der Waals surface area contributed by atoms with Crippen LogP contribution in [0.3, 0.4) is 0 Å². The van der Waals surface area contributed by atoms with E-state index < -0.39 is 10.0 Å². The average Bonchev–Trinajstić information content (AvgIpc) is 2.39. The van der Waals surface area contributed by atoms with E-state index >= 15 is 0 Å². The Kier molecular flexibility index (Phi) is 3.92. The fraction of sp³-hybridized carbons (Fsp3) is 0.538. The van der Waals surface area contributed by atoms with Crippen molar-refractivity contribution >= 4 is 15.7 Å². The standard InChI is InChI=1S/C13H20N2O2S/c1-2-11-4-3-9-15(10-11)18(16,17)13-7-5-12(14)6-8-13/h5-8,11H,2-4,9-10,14H2,1H3. The van der Waals surface area contributed by atoms with Crippen LogP contribution in [0.1, 0.15) is 26.2 Å². The summed E-state index contributed by atoms with van der Waals surface area (Å²) in [5, 5.41) is 0. The smallest absolute Gasteiger partial charge is 0.243 e. The van der Waals surface area contributed by atoms with Gasteiger partial charge in [-0.3, -0.25) is 0 Å². The molecule has 1 aliphatic heterocycles. The lowest BCUT2D eigenvalue weighted by atomic mass is 9.97. The van der Waals surface area contributed by atoms with Gasteiger partial charge in [0.15, 0.2) is 0 Å². The van der Waals surface area contributed by atoms with E-state index in [0.29, 0.717) is 29.6 Å². The summed E-state index contributed by atoms with van der Waals surface area (Å²) in [5.74, 6) is 0.488. The van der Waals surface area contributed by atoms with E-state index in [4.69, 9.17) is 5.73 Å². The molecule has 1 heterocycles. The summed E-state index contributed by atoms with van der Waals surface area (Å²) in [6, 6.07) is 6.43. The summed E-state index contributed by atoms with van der Waals surface area (Å²) >= 11 is 0. The van der Waals surface area contributed by atoms with Crippen LogP contribution in [-0.4, -0.2) is 25.8 Å². The van der Waals surface area contributed by atoms with E-state index in [1.54, 1.807) is 28.6 Å². The van der Waals surface area contributed by atoms with Gasteiger partial charge in [0.05, 0.1) is 4.90 Å². The molecule has 4 nitrogen and oxygen atoms in total. The third-order valence-electron chi connectivity index (χ3n) is 3.58. The van der Waals surface area contributed by atoms with Crippen molar-refractivity contribution in [2.24, 2.45) is 5.92 Å². The predicted molar refractivity (Wildman–Crippen MR) is 72.6 cm³/mol. The number of piperidine rings is 1. The molecule has 0 spiro atoms. The third kappa shape index (κ3) is 2.67. The van der Waals surface area contributed by atoms with Crippen LogP contribution in [-0.2, 0) is 10.0 Å². The zero-order valence-electron chi connectivity index (χ0n) is 10.7. The van der Waals surface area contributed by atoms with Gasteiger partial charge >= 0.3 is 0 Å². The van der Waals surface area contributed by atoms with Gasteiger partial charge in [-0.15, -0.1) is 0 Å². The van der Waals surface area contributed by atoms with E-state index in [-0.39, 0.29) is 0 Å². The lowest BCUT2D eigenvalue weighted by molar-refractivity contribution is 0.261. The normalized spacial score (nSPS) is 21.9. The summed E-state index contributed by atoms with van der Waals surface area (Å²) in [5.41, 5.74) is 6.17. The van der Waals surface area contributed by atoms with Gasteiger partial charge < -0.3 is 5.73 Å². The van der Waals surface area contributed by atoms with Gasteiger partial charge in [-0.25, -0.2) is 8.42 Å². The van der Waals surface area contributed by atoms with Crippen molar-refractivity contribution in [3.63, 3.8) is 0 Å². The summed E-state index contributed by atoms with van der Waals surface area (Å²) in [7, 11) is -3.34. The molecule has 18 heavy (non-hydrogen) atoms. The number of hydrogen-bond acceptors (Lipinski definition) is 3. The molecule has 100 valence electrons. The minimum Gasteiger partial charge on any atom is -0.399 e. The van der Waals surface area contributed by atoms with Crippen LogP contribution >= 0.6 is 0 Å². The van der Waals surface area contributed by atoms with Crippen LogP contribution in [0.25, 0.3) is 0 Å². The Morgan fingerprint density at radius 3 is 2.61 bits per heavy atom. The number of nitrogens with zero attached hydrogens (tertiary/aromatic N) is 1. The number of nitrogen functional groups attached to an aromatic ring is 1. The molecule has 1 saturated heterocycles. The maximum absolute atomic E-state index is 12.4. The maximum Gasteiger partial charge on any atom is 0.243 e. The first-order chi connectivity index (χ1) is 8.54. The molecule has 0 aliphatic carbocycles. The molecule has 2 rings (SSSR count). The minimum absolute atomic E-state index is 0.341. The Morgan fingerprint density at radius 1 is 1.33 bits per heavy atom. The van der Waals surface area contributed by atoms with E-state index in [0.717, 1.165) is 19.3 Å². The van der Waals surface area contributed by atoms with Crippen molar-refractivity contribution in [3.8, 4) is 0 Å². The Balaban J connectivity index is 2.22. The zero-order chi connectivity index (χ0) is 13.2. The Bertz CT molecular complexity index is 496. The summed E-state index contributed by atoms with van der Waals surface area (Å²) in [6.45, 7) is 3.39. The molecule has 0 amide bonds. The number of sulfonamides is 1. The second kappa shape index (κ2) is 5.28. The summed E-state index contributed by atoms with van der Waals surface area (Å²) < 4.78 is 26.5. The Morgan fingerprint density at radius 2 is 2.00 bits per heavy atom. The molecule has 1 aliphatic rings. The van der Waals surface area contributed by atoms with E-state index in [1.165, 1.54) is 0 Å². The van der Waals surface area contributed by atoms with Crippen molar-refractivity contribution in [2.45, 2.75) is 31.1 Å². The van der Waals surface area contributed by atoms with E-state index in [2.05, 4.69) is 6.92 Å². The molecule has 0 saturated carbocycles. The molecule has 0 radical (unpaired) electrons. The summed E-state index contributed by atoms with van der Waals surface area (Å²) in [6.07, 6.45) is 3.12. The van der Waals surface area contributed by atoms with Gasteiger partial charge in [-0.1, -0.05) is 13.3 Å². The average molecular weight is 268 g/mol. The van der Waals surface area contributed by atoms with Gasteiger partial charge in [-0.05, 0) is 43.0 Å². The molecule has 1 aromatic rings. The maximum atomic E-state index is 12.4. The minimum atomic E-state index is -3.34. The van der Waals surface area contributed by atoms with Gasteiger partial charge in [0.25, 0.3) is 0 Å². The Labute approximate surface area is 109 Å². The third-order valence-corrected chi connectivity index (χ3v) is 5.46. The molecule has 0 bridgehead atoms. The van der Waals surface area contributed by atoms with Crippen molar-refractivity contribution < 1.29 is 8.42 Å². The lowest BCUT2D eigenvalue weighted by Gasteiger charge is -2.31. The Hall–Kier alpha value is -1.07. The number of hydrogen-bond donors (Lipinski definition) is 1. The number of benzene rings is 1. The van der Waals surface area contributed by atoms with Crippen molar-refractivity contribution in [1.29, 1.82) is 0 Å². The topological polar surface area (TPSA) is 63.4 Å². The second-order valence-electron chi connectivity index (χ2n) is 4.85. The van der Waals surface area contributed by atoms with Gasteiger partial charge in [0.2, 0.25) is 10.0 Å². The molecule has 1 atom stereocenters. The highest BCUT2D eigenvalue weighted by atomic mass is 32.2. The van der Waals surface area contributed by atoms with Crippen LogP contribution in [0.2, 0.25) is 0 Å². The molecule has 0 aromatic heterocycles. The fourth-order valence-corrected chi connectivity index (χ4v) is 3.92. The molecular weight excluding hydrogens is 248 g/mol. The van der Waals surface area contributed by atoms with Crippen LogP contribution in [0.4, 0.5) is 5.69 Å². The number of anilines is 1. The fourth-order valence-electron chi connectivity index (χ4n) is 2.37. The zero-order valence-corrected chi connectivity index (χ0v) is 11.5. The second-order valence-corrected chi connectivity index (χ2v) is 6.79. The molecule has 1 fully saturated rings. The van der Waals surface area contributed by atoms with Crippen molar-refractivity contribution in [3.05, 3.63) is 24.3 Å². The van der Waals surface area contributed by atoms with Gasteiger partial charge in [0.1, 0.15) is 0 Å². The summed E-state index contributed by atoms with van der Waals surface area (Å²) in [4.78, 5) is 0.341. The highest BCUT2D eigenvalue weighted by molar-refractivity contribution is 7.89. The van der Waals surface area contributed by atoms with Crippen molar-refractivity contribution in [1.82, 2.24) is 4.31 Å². The lowest BCUT2D eigenvalue weighted by Crippen LogP contribution is -2.39. The first-order valence-corrected chi connectivity index (χ1v) is 7.83. The highest BCUT2D eigenvalue weighted by Crippen LogP contribution is 2.25. The highest BCUT2D eigenvalue weighted by Gasteiger charge is 2.29. The van der Waals surface area contributed by atoms with Gasteiger partial charge in [-0.2, -0.15) is 4.31 Å². The van der Waals surface area contributed by atoms with E-state index in [1.807, 2.05) is 0 Å². The largest absolute Gasteiger partial charge is 0.399 e. The van der Waals surface area contributed by atoms with Crippen LogP contribution in [0.15, 0.2) is 29.2 Å². The first-order valence-electron chi connectivity index (χ1n) is 6.39. The molecule has 1 unspecified atom stereocenters. The molecular formula is C13H20N2O2S. The predicted octanol–water partition coefficient (Wildman–Crippen LogP) is 2.08. The quantitative estimate of drug-likeness (QED) is 0.854. The first kappa shape index (κ1) is 13.4.